The fourth-order valence-corrected chi connectivity index (χ4v) is 7.49. The zero-order valence-electron chi connectivity index (χ0n) is 19.6. The summed E-state index contributed by atoms with van der Waals surface area (Å²) in [5, 5.41) is 10.1. The highest BCUT2D eigenvalue weighted by Crippen LogP contribution is 2.81. The third-order valence-electron chi connectivity index (χ3n) is 9.67. The number of allylic oxidation sites excluding steroid dienone is 2. The summed E-state index contributed by atoms with van der Waals surface area (Å²) < 4.78 is 14.2. The maximum atomic E-state index is 14.2. The van der Waals surface area contributed by atoms with Crippen molar-refractivity contribution < 1.29 is 9.18 Å². The van der Waals surface area contributed by atoms with E-state index in [-0.39, 0.29) is 22.8 Å². The van der Waals surface area contributed by atoms with E-state index in [1.807, 2.05) is 0 Å². The fourth-order valence-electron chi connectivity index (χ4n) is 7.14. The Morgan fingerprint density at radius 1 is 1.12 bits per heavy atom. The predicted molar refractivity (Wildman–Crippen MR) is 130 cm³/mol. The van der Waals surface area contributed by atoms with E-state index in [1.165, 1.54) is 31.3 Å². The van der Waals surface area contributed by atoms with Crippen LogP contribution in [0.3, 0.4) is 0 Å². The molecule has 33 heavy (non-hydrogen) atoms. The van der Waals surface area contributed by atoms with E-state index in [9.17, 15) is 9.18 Å². The minimum atomic E-state index is -0.965. The van der Waals surface area contributed by atoms with Crippen molar-refractivity contribution in [1.82, 2.24) is 16.0 Å². The molecule has 0 aromatic rings. The normalized spacial score (nSPS) is 40.1. The summed E-state index contributed by atoms with van der Waals surface area (Å²) in [6.07, 6.45) is 10.9. The first-order chi connectivity index (χ1) is 15.9. The van der Waals surface area contributed by atoms with Crippen molar-refractivity contribution in [3.05, 3.63) is 34.6 Å². The molecule has 0 spiro atoms. The number of carbonyl (C=O) groups excluding carboxylic acids is 1. The van der Waals surface area contributed by atoms with E-state index >= 15 is 0 Å². The number of halogens is 2. The van der Waals surface area contributed by atoms with Crippen molar-refractivity contribution >= 4 is 17.5 Å². The van der Waals surface area contributed by atoms with Gasteiger partial charge in [-0.2, -0.15) is 0 Å². The minimum absolute atomic E-state index is 0.0535. The van der Waals surface area contributed by atoms with E-state index in [2.05, 4.69) is 22.5 Å². The van der Waals surface area contributed by atoms with Crippen molar-refractivity contribution in [1.29, 1.82) is 0 Å². The van der Waals surface area contributed by atoms with Gasteiger partial charge in [-0.05, 0) is 88.7 Å². The van der Waals surface area contributed by atoms with Gasteiger partial charge in [-0.3, -0.25) is 4.79 Å². The number of fused-ring (bicyclic) bond motifs is 1. The Labute approximate surface area is 201 Å². The van der Waals surface area contributed by atoms with E-state index in [0.717, 1.165) is 62.9 Å². The van der Waals surface area contributed by atoms with Crippen molar-refractivity contribution in [2.45, 2.75) is 100 Å². The summed E-state index contributed by atoms with van der Waals surface area (Å²) in [4.78, 5) is 12.7. The number of hydrogen-bond donors (Lipinski definition) is 3. The third kappa shape index (κ3) is 3.69. The van der Waals surface area contributed by atoms with E-state index in [0.29, 0.717) is 18.9 Å². The average Bonchev–Trinajstić information content (AvgIpc) is 3.55. The van der Waals surface area contributed by atoms with Crippen molar-refractivity contribution in [3.63, 3.8) is 0 Å². The van der Waals surface area contributed by atoms with Gasteiger partial charge >= 0.3 is 0 Å². The first-order valence-electron chi connectivity index (χ1n) is 13.1. The molecule has 3 N–H and O–H groups in total. The summed E-state index contributed by atoms with van der Waals surface area (Å²) >= 11 is 6.21. The first kappa shape index (κ1) is 22.2. The second-order valence-corrected chi connectivity index (χ2v) is 11.9. The quantitative estimate of drug-likeness (QED) is 0.242. The van der Waals surface area contributed by atoms with Gasteiger partial charge in [-0.25, -0.2) is 4.39 Å². The molecule has 0 bridgehead atoms. The van der Waals surface area contributed by atoms with Gasteiger partial charge in [0.15, 0.2) is 0 Å². The zero-order chi connectivity index (χ0) is 22.8. The molecule has 0 aromatic carbocycles. The van der Waals surface area contributed by atoms with Gasteiger partial charge in [0.05, 0.1) is 10.9 Å². The van der Waals surface area contributed by atoms with Gasteiger partial charge in [-0.15, -0.1) is 11.6 Å². The number of alkyl halides is 2. The molecule has 0 radical (unpaired) electrons. The van der Waals surface area contributed by atoms with Crippen LogP contribution >= 0.6 is 11.6 Å². The lowest BCUT2D eigenvalue weighted by molar-refractivity contribution is -0.121. The molecule has 4 atom stereocenters. The van der Waals surface area contributed by atoms with Crippen LogP contribution in [0.5, 0.6) is 0 Å². The Morgan fingerprint density at radius 3 is 2.64 bits per heavy atom. The van der Waals surface area contributed by atoms with Gasteiger partial charge in [0.1, 0.15) is 6.17 Å². The smallest absolute Gasteiger partial charge is 0.220 e. The second-order valence-electron chi connectivity index (χ2n) is 11.4. The number of amides is 1. The predicted octanol–water partition coefficient (Wildman–Crippen LogP) is 4.81. The molecule has 2 fully saturated rings. The molecule has 6 heteroatoms. The number of hydrogen-bond acceptors (Lipinski definition) is 3. The largest absolute Gasteiger partial charge is 0.388 e. The van der Waals surface area contributed by atoms with Crippen molar-refractivity contribution in [2.24, 2.45) is 11.3 Å². The van der Waals surface area contributed by atoms with Crippen LogP contribution in [0.2, 0.25) is 0 Å². The lowest BCUT2D eigenvalue weighted by atomic mass is 9.70. The minimum Gasteiger partial charge on any atom is -0.388 e. The van der Waals surface area contributed by atoms with Gasteiger partial charge < -0.3 is 16.0 Å². The Hall–Kier alpha value is -1.33. The van der Waals surface area contributed by atoms with Gasteiger partial charge in [0.25, 0.3) is 0 Å². The van der Waals surface area contributed by atoms with E-state index in [1.54, 1.807) is 11.1 Å². The Kier molecular flexibility index (Phi) is 5.45. The molecule has 6 rings (SSSR count). The van der Waals surface area contributed by atoms with E-state index < -0.39 is 11.5 Å². The molecule has 5 aliphatic carbocycles. The third-order valence-corrected chi connectivity index (χ3v) is 10.2. The van der Waals surface area contributed by atoms with Crippen LogP contribution < -0.4 is 16.0 Å². The summed E-state index contributed by atoms with van der Waals surface area (Å²) in [7, 11) is 0. The molecule has 180 valence electrons. The molecule has 0 saturated heterocycles. The zero-order valence-corrected chi connectivity index (χ0v) is 20.3. The SMILES string of the molecule is C=C(NCCCC1NCCC2=C1CC2)C12CC1(NC(=O)CCC1CC(F)C(Cl)C3=C1CC3)C2. The number of rotatable bonds is 10. The molecule has 4 unspecified atom stereocenters. The number of carbonyl (C=O) groups is 1. The molecule has 0 aromatic heterocycles. The molecule has 1 aliphatic heterocycles. The van der Waals surface area contributed by atoms with Crippen LogP contribution in [0.1, 0.15) is 77.0 Å². The van der Waals surface area contributed by atoms with Crippen molar-refractivity contribution in [3.8, 4) is 0 Å². The van der Waals surface area contributed by atoms with Crippen LogP contribution in [-0.2, 0) is 4.79 Å². The maximum Gasteiger partial charge on any atom is 0.220 e. The molecule has 4 nitrogen and oxygen atoms in total. The highest BCUT2D eigenvalue weighted by Gasteiger charge is 2.85. The lowest BCUT2D eigenvalue weighted by Crippen LogP contribution is -2.40. The Morgan fingerprint density at radius 2 is 1.91 bits per heavy atom. The topological polar surface area (TPSA) is 53.2 Å². The van der Waals surface area contributed by atoms with Crippen LogP contribution in [-0.4, -0.2) is 42.1 Å². The van der Waals surface area contributed by atoms with E-state index in [4.69, 9.17) is 11.6 Å². The summed E-state index contributed by atoms with van der Waals surface area (Å²) in [5.74, 6) is 0.312. The van der Waals surface area contributed by atoms with Crippen molar-refractivity contribution in [2.75, 3.05) is 13.1 Å². The van der Waals surface area contributed by atoms with Crippen LogP contribution in [0.4, 0.5) is 4.39 Å². The fraction of sp³-hybridized carbons (Fsp3) is 0.741. The summed E-state index contributed by atoms with van der Waals surface area (Å²) in [5.41, 5.74) is 7.00. The Balaban J connectivity index is 0.916. The van der Waals surface area contributed by atoms with Crippen LogP contribution in [0.25, 0.3) is 0 Å². The molecular weight excluding hydrogens is 437 g/mol. The van der Waals surface area contributed by atoms with Crippen LogP contribution in [0, 0.1) is 11.3 Å². The van der Waals surface area contributed by atoms with Gasteiger partial charge in [-0.1, -0.05) is 23.3 Å². The maximum absolute atomic E-state index is 14.2. The van der Waals surface area contributed by atoms with Crippen LogP contribution in [0.15, 0.2) is 34.6 Å². The highest BCUT2D eigenvalue weighted by molar-refractivity contribution is 6.23. The molecule has 6 aliphatic rings. The Bertz CT molecular complexity index is 934. The molecular formula is C27H37ClFN3O. The van der Waals surface area contributed by atoms with Gasteiger partial charge in [0.2, 0.25) is 5.91 Å². The second kappa shape index (κ2) is 8.12. The monoisotopic (exact) mass is 473 g/mol. The number of nitrogens with one attached hydrogen (secondary N) is 3. The molecule has 1 heterocycles. The molecule has 1 amide bonds. The standard InChI is InChI=1S/C27H37ClFN3O/c1-16(30-11-2-3-23-20-6-4-17(20)10-12-31-23)26-14-27(26,15-26)32-24(33)9-5-18-13-22(29)25(28)21-8-7-19(18)21/h18,22-23,25,30-31H,1-15H2,(H,32,33). The highest BCUT2D eigenvalue weighted by atomic mass is 35.5. The first-order valence-corrected chi connectivity index (χ1v) is 13.5. The lowest BCUT2D eigenvalue weighted by Gasteiger charge is -2.40. The average molecular weight is 474 g/mol. The molecule has 2 saturated carbocycles. The summed E-state index contributed by atoms with van der Waals surface area (Å²) in [6, 6.07) is 0.592. The van der Waals surface area contributed by atoms with Gasteiger partial charge in [0, 0.05) is 30.1 Å². The summed E-state index contributed by atoms with van der Waals surface area (Å²) in [6.45, 7) is 6.41.